The number of hydrogen-bond donors (Lipinski definition) is 3. The Balaban J connectivity index is 0.00000392. The summed E-state index contributed by atoms with van der Waals surface area (Å²) in [6, 6.07) is 7.19. The lowest BCUT2D eigenvalue weighted by molar-refractivity contribution is 0.379. The largest absolute Gasteiger partial charge is 0.443 e. The third kappa shape index (κ3) is 7.66. The van der Waals surface area contributed by atoms with Gasteiger partial charge in [0, 0.05) is 19.0 Å². The van der Waals surface area contributed by atoms with Gasteiger partial charge in [0.05, 0.1) is 24.7 Å². The fourth-order valence-corrected chi connectivity index (χ4v) is 2.87. The third-order valence-electron chi connectivity index (χ3n) is 3.68. The van der Waals surface area contributed by atoms with Crippen molar-refractivity contribution in [1.82, 2.24) is 15.6 Å². The van der Waals surface area contributed by atoms with Crippen LogP contribution < -0.4 is 15.4 Å². The Labute approximate surface area is 183 Å². The lowest BCUT2D eigenvalue weighted by atomic mass is 9.94. The molecule has 2 rings (SSSR count). The number of guanidine groups is 1. The van der Waals surface area contributed by atoms with Crippen molar-refractivity contribution in [3.05, 3.63) is 47.7 Å². The summed E-state index contributed by atoms with van der Waals surface area (Å²) in [6.07, 6.45) is 2.86. The normalized spacial score (nSPS) is 12.2. The number of hydrogen-bond acceptors (Lipinski definition) is 5. The number of benzene rings is 1. The number of aliphatic imine (C=N–C) groups is 1. The van der Waals surface area contributed by atoms with Crippen molar-refractivity contribution in [2.75, 3.05) is 18.0 Å². The Morgan fingerprint density at radius 3 is 2.39 bits per heavy atom. The molecule has 0 saturated heterocycles. The molecule has 1 aromatic carbocycles. The maximum absolute atomic E-state index is 11.5. The average molecular weight is 521 g/mol. The van der Waals surface area contributed by atoms with Gasteiger partial charge in [-0.05, 0) is 11.6 Å². The quantitative estimate of drug-likeness (QED) is 0.307. The molecule has 3 N–H and O–H groups in total. The molecular formula is C18H28IN5O3S. The number of halogens is 1. The van der Waals surface area contributed by atoms with E-state index in [4.69, 9.17) is 4.42 Å². The Hall–Kier alpha value is -1.82. The van der Waals surface area contributed by atoms with Crippen LogP contribution in [0.25, 0.3) is 0 Å². The van der Waals surface area contributed by atoms with Crippen LogP contribution in [-0.4, -0.2) is 32.7 Å². The highest BCUT2D eigenvalue weighted by atomic mass is 127. The van der Waals surface area contributed by atoms with E-state index in [-0.39, 0.29) is 29.4 Å². The standard InChI is InChI=1S/C18H27N5O3S.HI/c1-18(2,3)15-11-20-16(26-15)12-22-17(19-4)21-10-13-8-6-7-9-14(13)23-27(5,24)25;/h6-9,11,23H,10,12H2,1-5H3,(H2,19,21,22);1H. The summed E-state index contributed by atoms with van der Waals surface area (Å²) in [4.78, 5) is 8.44. The SMILES string of the molecule is CN=C(NCc1ncc(C(C)(C)C)o1)NCc1ccccc1NS(C)(=O)=O.I. The maximum atomic E-state index is 11.5. The molecule has 1 heterocycles. The highest BCUT2D eigenvalue weighted by Gasteiger charge is 2.19. The summed E-state index contributed by atoms with van der Waals surface area (Å²) < 4.78 is 31.2. The molecule has 0 amide bonds. The molecule has 10 heteroatoms. The topological polar surface area (TPSA) is 109 Å². The minimum absolute atomic E-state index is 0. The lowest BCUT2D eigenvalue weighted by Crippen LogP contribution is -2.36. The van der Waals surface area contributed by atoms with E-state index in [2.05, 4.69) is 46.1 Å². The molecule has 0 unspecified atom stereocenters. The molecule has 0 atom stereocenters. The number of sulfonamides is 1. The summed E-state index contributed by atoms with van der Waals surface area (Å²) in [5.74, 6) is 1.95. The van der Waals surface area contributed by atoms with Crippen molar-refractivity contribution in [3.8, 4) is 0 Å². The van der Waals surface area contributed by atoms with Crippen LogP contribution in [0.1, 0.15) is 38.0 Å². The van der Waals surface area contributed by atoms with Crippen LogP contribution in [0.2, 0.25) is 0 Å². The first-order valence-electron chi connectivity index (χ1n) is 8.54. The van der Waals surface area contributed by atoms with E-state index in [1.807, 2.05) is 12.1 Å². The van der Waals surface area contributed by atoms with Gasteiger partial charge >= 0.3 is 0 Å². The first-order valence-corrected chi connectivity index (χ1v) is 10.4. The van der Waals surface area contributed by atoms with Crippen LogP contribution in [0.15, 0.2) is 39.9 Å². The molecule has 0 aliphatic rings. The second-order valence-corrected chi connectivity index (χ2v) is 8.93. The van der Waals surface area contributed by atoms with E-state index < -0.39 is 10.0 Å². The minimum atomic E-state index is -3.34. The van der Waals surface area contributed by atoms with Gasteiger partial charge in [-0.25, -0.2) is 13.4 Å². The van der Waals surface area contributed by atoms with E-state index in [0.29, 0.717) is 30.6 Å². The highest BCUT2D eigenvalue weighted by molar-refractivity contribution is 14.0. The first-order chi connectivity index (χ1) is 12.6. The Morgan fingerprint density at radius 1 is 1.18 bits per heavy atom. The van der Waals surface area contributed by atoms with Crippen LogP contribution in [0.3, 0.4) is 0 Å². The van der Waals surface area contributed by atoms with Gasteiger partial charge in [0.1, 0.15) is 5.76 Å². The monoisotopic (exact) mass is 521 g/mol. The zero-order chi connectivity index (χ0) is 20.1. The predicted octanol–water partition coefficient (Wildman–Crippen LogP) is 2.83. The fourth-order valence-electron chi connectivity index (χ4n) is 2.27. The molecule has 156 valence electrons. The van der Waals surface area contributed by atoms with Crippen LogP contribution in [0.5, 0.6) is 0 Å². The molecule has 0 aliphatic carbocycles. The Morgan fingerprint density at radius 2 is 1.82 bits per heavy atom. The van der Waals surface area contributed by atoms with E-state index in [0.717, 1.165) is 17.6 Å². The van der Waals surface area contributed by atoms with Crippen LogP contribution in [0, 0.1) is 0 Å². The van der Waals surface area contributed by atoms with Gasteiger partial charge in [-0.1, -0.05) is 39.0 Å². The summed E-state index contributed by atoms with van der Waals surface area (Å²) in [5.41, 5.74) is 1.24. The zero-order valence-electron chi connectivity index (χ0n) is 16.7. The van der Waals surface area contributed by atoms with E-state index >= 15 is 0 Å². The molecule has 28 heavy (non-hydrogen) atoms. The second-order valence-electron chi connectivity index (χ2n) is 7.18. The lowest BCUT2D eigenvalue weighted by Gasteiger charge is -2.14. The molecular weight excluding hydrogens is 493 g/mol. The molecule has 0 fully saturated rings. The van der Waals surface area contributed by atoms with E-state index in [1.54, 1.807) is 25.4 Å². The number of aromatic nitrogens is 1. The summed E-state index contributed by atoms with van der Waals surface area (Å²) in [5, 5.41) is 6.29. The van der Waals surface area contributed by atoms with E-state index in [9.17, 15) is 8.42 Å². The predicted molar refractivity (Wildman–Crippen MR) is 123 cm³/mol. The van der Waals surface area contributed by atoms with Crippen molar-refractivity contribution < 1.29 is 12.8 Å². The Bertz CT molecular complexity index is 904. The molecule has 0 spiro atoms. The van der Waals surface area contributed by atoms with Gasteiger partial charge < -0.3 is 15.1 Å². The van der Waals surface area contributed by atoms with Gasteiger partial charge in [-0.3, -0.25) is 9.71 Å². The highest BCUT2D eigenvalue weighted by Crippen LogP contribution is 2.22. The summed E-state index contributed by atoms with van der Waals surface area (Å²) in [6.45, 7) is 6.98. The van der Waals surface area contributed by atoms with Gasteiger partial charge in [0.25, 0.3) is 0 Å². The number of nitrogens with zero attached hydrogens (tertiary/aromatic N) is 2. The first kappa shape index (κ1) is 24.2. The van der Waals surface area contributed by atoms with Crippen molar-refractivity contribution in [2.24, 2.45) is 4.99 Å². The number of nitrogens with one attached hydrogen (secondary N) is 3. The molecule has 0 bridgehead atoms. The van der Waals surface area contributed by atoms with Crippen molar-refractivity contribution in [2.45, 2.75) is 39.3 Å². The van der Waals surface area contributed by atoms with Gasteiger partial charge in [0.15, 0.2) is 5.96 Å². The van der Waals surface area contributed by atoms with Crippen LogP contribution in [-0.2, 0) is 28.5 Å². The zero-order valence-corrected chi connectivity index (χ0v) is 19.9. The summed E-state index contributed by atoms with van der Waals surface area (Å²) >= 11 is 0. The molecule has 0 saturated carbocycles. The van der Waals surface area contributed by atoms with Crippen LogP contribution >= 0.6 is 24.0 Å². The van der Waals surface area contributed by atoms with Crippen molar-refractivity contribution in [3.63, 3.8) is 0 Å². The summed E-state index contributed by atoms with van der Waals surface area (Å²) in [7, 11) is -1.69. The number of para-hydroxylation sites is 1. The smallest absolute Gasteiger partial charge is 0.229 e. The second kappa shape index (κ2) is 10.1. The number of rotatable bonds is 6. The molecule has 8 nitrogen and oxygen atoms in total. The van der Waals surface area contributed by atoms with Gasteiger partial charge in [-0.15, -0.1) is 24.0 Å². The van der Waals surface area contributed by atoms with E-state index in [1.165, 1.54) is 0 Å². The van der Waals surface area contributed by atoms with Gasteiger partial charge in [0.2, 0.25) is 15.9 Å². The van der Waals surface area contributed by atoms with Crippen molar-refractivity contribution >= 4 is 45.6 Å². The molecule has 2 aromatic rings. The average Bonchev–Trinajstić information content (AvgIpc) is 3.04. The maximum Gasteiger partial charge on any atom is 0.229 e. The van der Waals surface area contributed by atoms with Crippen LogP contribution in [0.4, 0.5) is 5.69 Å². The fraction of sp³-hybridized carbons (Fsp3) is 0.444. The van der Waals surface area contributed by atoms with Crippen molar-refractivity contribution in [1.29, 1.82) is 0 Å². The Kier molecular flexibility index (Phi) is 8.74. The molecule has 0 radical (unpaired) electrons. The number of oxazole rings is 1. The number of anilines is 1. The molecule has 1 aromatic heterocycles. The minimum Gasteiger partial charge on any atom is -0.443 e. The third-order valence-corrected chi connectivity index (χ3v) is 4.27. The van der Waals surface area contributed by atoms with Gasteiger partial charge in [-0.2, -0.15) is 0 Å². The molecule has 0 aliphatic heterocycles.